The Morgan fingerprint density at radius 1 is 1.08 bits per heavy atom. The summed E-state index contributed by atoms with van der Waals surface area (Å²) in [7, 11) is 1.68. The minimum absolute atomic E-state index is 0.0121. The summed E-state index contributed by atoms with van der Waals surface area (Å²) in [6, 6.07) is 23.6. The average molecular weight is 526 g/mol. The Morgan fingerprint density at radius 3 is 2.58 bits per heavy atom. The molecule has 4 aromatic rings. The van der Waals surface area contributed by atoms with E-state index in [0.717, 1.165) is 39.8 Å². The van der Waals surface area contributed by atoms with Crippen LogP contribution in [-0.2, 0) is 4.79 Å². The molecule has 0 saturated carbocycles. The number of methoxy groups -OCH3 is 1. The van der Waals surface area contributed by atoms with Gasteiger partial charge in [0.05, 0.1) is 24.5 Å². The molecule has 0 aliphatic carbocycles. The van der Waals surface area contributed by atoms with Crippen LogP contribution in [-0.4, -0.2) is 27.7 Å². The van der Waals surface area contributed by atoms with Crippen LogP contribution in [0.2, 0.25) is 0 Å². The van der Waals surface area contributed by atoms with Gasteiger partial charge < -0.3 is 24.8 Å². The van der Waals surface area contributed by atoms with E-state index in [4.69, 9.17) is 17.0 Å². The molecule has 1 aliphatic heterocycles. The quantitative estimate of drug-likeness (QED) is 0.290. The third-order valence-electron chi connectivity index (χ3n) is 6.80. The van der Waals surface area contributed by atoms with E-state index in [1.54, 1.807) is 13.3 Å². The van der Waals surface area contributed by atoms with E-state index in [9.17, 15) is 4.79 Å². The third-order valence-corrected chi connectivity index (χ3v) is 7.11. The van der Waals surface area contributed by atoms with Crippen molar-refractivity contribution in [1.29, 1.82) is 0 Å². The van der Waals surface area contributed by atoms with Crippen LogP contribution in [0.4, 0.5) is 11.4 Å². The molecule has 2 N–H and O–H groups in total. The summed E-state index contributed by atoms with van der Waals surface area (Å²) in [4.78, 5) is 19.1. The zero-order valence-electron chi connectivity index (χ0n) is 21.9. The highest BCUT2D eigenvalue weighted by Gasteiger charge is 2.42. The summed E-state index contributed by atoms with van der Waals surface area (Å²) < 4.78 is 7.83. The van der Waals surface area contributed by atoms with Gasteiger partial charge in [0.25, 0.3) is 0 Å². The number of thiocarbonyl (C=S) groups is 1. The lowest BCUT2D eigenvalue weighted by Crippen LogP contribution is -2.30. The smallest absolute Gasteiger partial charge is 0.226 e. The molecule has 2 aromatic carbocycles. The summed E-state index contributed by atoms with van der Waals surface area (Å²) in [5, 5.41) is 7.16. The summed E-state index contributed by atoms with van der Waals surface area (Å²) in [5.74, 6) is 0.665. The van der Waals surface area contributed by atoms with E-state index in [1.165, 1.54) is 0 Å². The number of carbonyl (C=O) groups excluding carboxylic acids is 1. The monoisotopic (exact) mass is 525 g/mol. The molecule has 8 heteroatoms. The SMILES string of the molecule is COc1ccccc1-n1cccc1[C@H]1[C@H](c2ccccn2)NC(=S)N1c1ccc(NC(=O)C(C)C)c(C)c1. The predicted octanol–water partition coefficient (Wildman–Crippen LogP) is 5.96. The van der Waals surface area contributed by atoms with Gasteiger partial charge in [0.2, 0.25) is 5.91 Å². The van der Waals surface area contributed by atoms with Gasteiger partial charge in [-0.25, -0.2) is 0 Å². The van der Waals surface area contributed by atoms with Crippen LogP contribution in [0.25, 0.3) is 5.69 Å². The fourth-order valence-electron chi connectivity index (χ4n) is 4.83. The zero-order chi connectivity index (χ0) is 26.8. The number of para-hydroxylation sites is 2. The van der Waals surface area contributed by atoms with E-state index in [2.05, 4.69) is 37.2 Å². The van der Waals surface area contributed by atoms with Gasteiger partial charge in [-0.3, -0.25) is 9.78 Å². The Hall–Kier alpha value is -4.17. The van der Waals surface area contributed by atoms with Crippen molar-refractivity contribution in [2.75, 3.05) is 17.3 Å². The number of amides is 1. The van der Waals surface area contributed by atoms with Crippen molar-refractivity contribution in [3.63, 3.8) is 0 Å². The summed E-state index contributed by atoms with van der Waals surface area (Å²) >= 11 is 5.92. The number of nitrogens with zero attached hydrogens (tertiary/aromatic N) is 3. The van der Waals surface area contributed by atoms with Crippen LogP contribution in [0.15, 0.2) is 85.2 Å². The lowest BCUT2D eigenvalue weighted by Gasteiger charge is -2.29. The van der Waals surface area contributed by atoms with Gasteiger partial charge >= 0.3 is 0 Å². The van der Waals surface area contributed by atoms with Crippen LogP contribution in [0.3, 0.4) is 0 Å². The molecule has 2 aromatic heterocycles. The van der Waals surface area contributed by atoms with Crippen molar-refractivity contribution in [2.24, 2.45) is 5.92 Å². The van der Waals surface area contributed by atoms with Crippen LogP contribution < -0.4 is 20.3 Å². The minimum Gasteiger partial charge on any atom is -0.495 e. The lowest BCUT2D eigenvalue weighted by atomic mass is 10.00. The van der Waals surface area contributed by atoms with Crippen molar-refractivity contribution in [2.45, 2.75) is 32.9 Å². The molecule has 7 nitrogen and oxygen atoms in total. The van der Waals surface area contributed by atoms with Crippen molar-refractivity contribution in [3.8, 4) is 11.4 Å². The highest BCUT2D eigenvalue weighted by molar-refractivity contribution is 7.80. The third kappa shape index (κ3) is 4.75. The van der Waals surface area contributed by atoms with Gasteiger partial charge in [-0.1, -0.05) is 32.0 Å². The number of aryl methyl sites for hydroxylation is 1. The summed E-state index contributed by atoms with van der Waals surface area (Å²) in [6.45, 7) is 5.76. The lowest BCUT2D eigenvalue weighted by molar-refractivity contribution is -0.118. The number of hydrogen-bond donors (Lipinski definition) is 2. The van der Waals surface area contributed by atoms with E-state index < -0.39 is 0 Å². The van der Waals surface area contributed by atoms with Gasteiger partial charge in [0, 0.05) is 35.4 Å². The van der Waals surface area contributed by atoms with Gasteiger partial charge in [0.15, 0.2) is 5.11 Å². The average Bonchev–Trinajstić information content (AvgIpc) is 3.54. The Morgan fingerprint density at radius 2 is 1.87 bits per heavy atom. The van der Waals surface area contributed by atoms with Gasteiger partial charge in [0.1, 0.15) is 11.8 Å². The molecule has 0 spiro atoms. The first kappa shape index (κ1) is 25.5. The fraction of sp³-hybridized carbons (Fsp3) is 0.233. The Labute approximate surface area is 228 Å². The van der Waals surface area contributed by atoms with E-state index in [-0.39, 0.29) is 23.9 Å². The highest BCUT2D eigenvalue weighted by atomic mass is 32.1. The van der Waals surface area contributed by atoms with Crippen molar-refractivity contribution < 1.29 is 9.53 Å². The summed E-state index contributed by atoms with van der Waals surface area (Å²) in [6.07, 6.45) is 3.84. The highest BCUT2D eigenvalue weighted by Crippen LogP contribution is 2.43. The van der Waals surface area contributed by atoms with Crippen molar-refractivity contribution >= 4 is 34.6 Å². The van der Waals surface area contributed by atoms with Crippen LogP contribution in [0, 0.1) is 12.8 Å². The molecule has 38 heavy (non-hydrogen) atoms. The molecule has 1 aliphatic rings. The Kier molecular flexibility index (Phi) is 7.15. The molecule has 0 unspecified atom stereocenters. The normalized spacial score (nSPS) is 17.0. The second-order valence-electron chi connectivity index (χ2n) is 9.61. The van der Waals surface area contributed by atoms with Gasteiger partial charge in [-0.05, 0) is 79.3 Å². The number of carbonyl (C=O) groups is 1. The topological polar surface area (TPSA) is 71.4 Å². The van der Waals surface area contributed by atoms with E-state index in [1.807, 2.05) is 87.6 Å². The first-order valence-electron chi connectivity index (χ1n) is 12.6. The number of benzene rings is 2. The first-order valence-corrected chi connectivity index (χ1v) is 13.0. The number of ether oxygens (including phenoxy) is 1. The maximum atomic E-state index is 12.3. The van der Waals surface area contributed by atoms with Crippen LogP contribution >= 0.6 is 12.2 Å². The number of aromatic nitrogens is 2. The van der Waals surface area contributed by atoms with Gasteiger partial charge in [-0.2, -0.15) is 0 Å². The minimum atomic E-state index is -0.201. The predicted molar refractivity (Wildman–Crippen MR) is 155 cm³/mol. The molecule has 2 atom stereocenters. The fourth-order valence-corrected chi connectivity index (χ4v) is 5.18. The molecular weight excluding hydrogens is 494 g/mol. The Balaban J connectivity index is 1.62. The molecule has 1 fully saturated rings. The van der Waals surface area contributed by atoms with Crippen molar-refractivity contribution in [3.05, 3.63) is 102 Å². The number of rotatable bonds is 7. The second kappa shape index (κ2) is 10.7. The molecule has 1 saturated heterocycles. The number of anilines is 2. The van der Waals surface area contributed by atoms with Crippen LogP contribution in [0.5, 0.6) is 5.75 Å². The second-order valence-corrected chi connectivity index (χ2v) is 10.0. The molecule has 194 valence electrons. The largest absolute Gasteiger partial charge is 0.495 e. The maximum absolute atomic E-state index is 12.3. The number of hydrogen-bond acceptors (Lipinski definition) is 4. The molecule has 1 amide bonds. The number of pyridine rings is 1. The first-order chi connectivity index (χ1) is 18.4. The molecule has 3 heterocycles. The number of nitrogens with one attached hydrogen (secondary N) is 2. The molecular formula is C30H31N5O2S. The van der Waals surface area contributed by atoms with E-state index in [0.29, 0.717) is 5.11 Å². The van der Waals surface area contributed by atoms with Crippen molar-refractivity contribution in [1.82, 2.24) is 14.9 Å². The standard InChI is InChI=1S/C30H31N5O2S/c1-19(2)29(36)32-22-15-14-21(18-20(22)3)35-28(27(33-30(35)38)23-10-7-8-16-31-23)25-12-9-17-34(25)24-11-5-6-13-26(24)37-4/h5-19,27-28H,1-4H3,(H,32,36)(H,33,38)/t27-,28-/m0/s1. The zero-order valence-corrected chi connectivity index (χ0v) is 22.7. The van der Waals surface area contributed by atoms with Crippen LogP contribution in [0.1, 0.15) is 42.9 Å². The summed E-state index contributed by atoms with van der Waals surface area (Å²) in [5.41, 5.74) is 5.55. The Bertz CT molecular complexity index is 1470. The maximum Gasteiger partial charge on any atom is 0.226 e. The molecule has 0 bridgehead atoms. The molecule has 0 radical (unpaired) electrons. The van der Waals surface area contributed by atoms with Gasteiger partial charge in [-0.15, -0.1) is 0 Å². The molecule has 5 rings (SSSR count). The van der Waals surface area contributed by atoms with E-state index >= 15 is 0 Å².